The van der Waals surface area contributed by atoms with E-state index in [4.69, 9.17) is 30.5 Å². The van der Waals surface area contributed by atoms with E-state index in [9.17, 15) is 14.4 Å². The van der Waals surface area contributed by atoms with E-state index >= 15 is 0 Å². The van der Waals surface area contributed by atoms with Gasteiger partial charge in [-0.3, -0.25) is 19.3 Å². The van der Waals surface area contributed by atoms with Gasteiger partial charge < -0.3 is 24.3 Å². The first-order valence-electron chi connectivity index (χ1n) is 11.4. The minimum atomic E-state index is -0.553. The van der Waals surface area contributed by atoms with Crippen molar-refractivity contribution >= 4 is 52.2 Å². The van der Waals surface area contributed by atoms with Crippen molar-refractivity contribution in [3.63, 3.8) is 0 Å². The molecular weight excluding hydrogens is 532 g/mol. The SMILES string of the molecule is COc1cc(/C=C2/SC(=O)N(CC(=O)Nc3ccc4c(c3)OCO4)C2=O)ccc1OCc1ccc(Cl)cc1. The molecule has 2 aliphatic heterocycles. The Balaban J connectivity index is 1.23. The smallest absolute Gasteiger partial charge is 0.294 e. The largest absolute Gasteiger partial charge is 0.493 e. The van der Waals surface area contributed by atoms with E-state index in [1.807, 2.05) is 12.1 Å². The zero-order chi connectivity index (χ0) is 26.6. The fourth-order valence-corrected chi connectivity index (χ4v) is 4.71. The van der Waals surface area contributed by atoms with Crippen molar-refractivity contribution in [1.29, 1.82) is 0 Å². The van der Waals surface area contributed by atoms with Crippen LogP contribution in [-0.2, 0) is 16.2 Å². The average molecular weight is 553 g/mol. The van der Waals surface area contributed by atoms with Gasteiger partial charge in [0.25, 0.3) is 11.1 Å². The molecular formula is C27H21ClN2O7S. The molecule has 0 radical (unpaired) electrons. The lowest BCUT2D eigenvalue weighted by Crippen LogP contribution is -2.36. The Kier molecular flexibility index (Phi) is 7.43. The Bertz CT molecular complexity index is 1440. The van der Waals surface area contributed by atoms with Crippen molar-refractivity contribution in [3.05, 3.63) is 81.7 Å². The molecule has 0 atom stereocenters. The third-order valence-electron chi connectivity index (χ3n) is 5.62. The third kappa shape index (κ3) is 5.71. The summed E-state index contributed by atoms with van der Waals surface area (Å²) in [6, 6.07) is 17.4. The Morgan fingerprint density at radius 2 is 1.84 bits per heavy atom. The van der Waals surface area contributed by atoms with Crippen molar-refractivity contribution in [1.82, 2.24) is 4.90 Å². The van der Waals surface area contributed by atoms with Crippen molar-refractivity contribution in [3.8, 4) is 23.0 Å². The molecule has 3 amide bonds. The van der Waals surface area contributed by atoms with Crippen molar-refractivity contribution in [2.45, 2.75) is 6.61 Å². The lowest BCUT2D eigenvalue weighted by atomic mass is 10.1. The van der Waals surface area contributed by atoms with Gasteiger partial charge in [0.2, 0.25) is 12.7 Å². The summed E-state index contributed by atoms with van der Waals surface area (Å²) in [5.41, 5.74) is 2.04. The summed E-state index contributed by atoms with van der Waals surface area (Å²) in [7, 11) is 1.51. The zero-order valence-electron chi connectivity index (χ0n) is 20.1. The molecule has 5 rings (SSSR count). The highest BCUT2D eigenvalue weighted by Gasteiger charge is 2.36. The van der Waals surface area contributed by atoms with E-state index < -0.39 is 23.6 Å². The normalized spacial score (nSPS) is 15.2. The van der Waals surface area contributed by atoms with Crippen LogP contribution in [0.15, 0.2) is 65.6 Å². The number of anilines is 1. The lowest BCUT2D eigenvalue weighted by Gasteiger charge is -2.13. The van der Waals surface area contributed by atoms with Crippen LogP contribution in [0.25, 0.3) is 6.08 Å². The van der Waals surface area contributed by atoms with Crippen LogP contribution in [0, 0.1) is 0 Å². The number of carbonyl (C=O) groups is 3. The minimum absolute atomic E-state index is 0.112. The number of nitrogens with one attached hydrogen (secondary N) is 1. The molecule has 38 heavy (non-hydrogen) atoms. The quantitative estimate of drug-likeness (QED) is 0.374. The zero-order valence-corrected chi connectivity index (χ0v) is 21.6. The number of nitrogens with zero attached hydrogens (tertiary/aromatic N) is 1. The molecule has 0 bridgehead atoms. The monoisotopic (exact) mass is 552 g/mol. The summed E-state index contributed by atoms with van der Waals surface area (Å²) in [5, 5.41) is 2.78. The van der Waals surface area contributed by atoms with Gasteiger partial charge in [-0.25, -0.2) is 0 Å². The molecule has 0 aliphatic carbocycles. The Hall–Kier alpha value is -4.15. The van der Waals surface area contributed by atoms with Crippen molar-refractivity contribution in [2.24, 2.45) is 0 Å². The Morgan fingerprint density at radius 3 is 2.63 bits per heavy atom. The summed E-state index contributed by atoms with van der Waals surface area (Å²) >= 11 is 6.69. The number of hydrogen-bond acceptors (Lipinski definition) is 8. The maximum atomic E-state index is 12.9. The maximum Gasteiger partial charge on any atom is 0.294 e. The van der Waals surface area contributed by atoms with E-state index in [0.717, 1.165) is 22.2 Å². The molecule has 2 heterocycles. The van der Waals surface area contributed by atoms with Gasteiger partial charge in [-0.05, 0) is 65.4 Å². The number of thioether (sulfide) groups is 1. The number of rotatable bonds is 8. The van der Waals surface area contributed by atoms with Gasteiger partial charge in [0.1, 0.15) is 13.2 Å². The van der Waals surface area contributed by atoms with E-state index in [0.29, 0.717) is 45.9 Å². The molecule has 2 aliphatic rings. The third-order valence-corrected chi connectivity index (χ3v) is 6.78. The standard InChI is InChI=1S/C27H21ClN2O7S/c1-34-22-10-17(4-8-20(22)35-14-16-2-5-18(28)6-3-16)11-24-26(32)30(27(33)38-24)13-25(31)29-19-7-9-21-23(12-19)37-15-36-21/h2-12H,13-15H2,1H3,(H,29,31)/b24-11+. The fourth-order valence-electron chi connectivity index (χ4n) is 3.74. The lowest BCUT2D eigenvalue weighted by molar-refractivity contribution is -0.127. The number of carbonyl (C=O) groups excluding carboxylic acids is 3. The van der Waals surface area contributed by atoms with Crippen LogP contribution < -0.4 is 24.3 Å². The predicted molar refractivity (Wildman–Crippen MR) is 143 cm³/mol. The number of hydrogen-bond donors (Lipinski definition) is 1. The highest BCUT2D eigenvalue weighted by Crippen LogP contribution is 2.36. The van der Waals surface area contributed by atoms with Crippen molar-refractivity contribution < 1.29 is 33.3 Å². The van der Waals surface area contributed by atoms with Crippen LogP contribution in [0.1, 0.15) is 11.1 Å². The number of methoxy groups -OCH3 is 1. The van der Waals surface area contributed by atoms with Gasteiger partial charge in [0, 0.05) is 16.8 Å². The number of benzene rings is 3. The fraction of sp³-hybridized carbons (Fsp3) is 0.148. The summed E-state index contributed by atoms with van der Waals surface area (Å²) in [6.45, 7) is 0.0121. The van der Waals surface area contributed by atoms with Crippen LogP contribution >= 0.6 is 23.4 Å². The number of ether oxygens (including phenoxy) is 4. The Labute approximate surface area is 227 Å². The van der Waals surface area contributed by atoms with Crippen LogP contribution in [0.5, 0.6) is 23.0 Å². The number of halogens is 1. The molecule has 0 unspecified atom stereocenters. The summed E-state index contributed by atoms with van der Waals surface area (Å²) in [6.07, 6.45) is 1.58. The number of fused-ring (bicyclic) bond motifs is 1. The molecule has 9 nitrogen and oxygen atoms in total. The van der Waals surface area contributed by atoms with Gasteiger partial charge in [0.05, 0.1) is 12.0 Å². The highest BCUT2D eigenvalue weighted by atomic mass is 35.5. The molecule has 3 aromatic carbocycles. The summed E-state index contributed by atoms with van der Waals surface area (Å²) < 4.78 is 21.9. The van der Waals surface area contributed by atoms with Crippen LogP contribution in [-0.4, -0.2) is 42.4 Å². The highest BCUT2D eigenvalue weighted by molar-refractivity contribution is 8.18. The van der Waals surface area contributed by atoms with Gasteiger partial charge in [-0.15, -0.1) is 0 Å². The van der Waals surface area contributed by atoms with E-state index in [2.05, 4.69) is 5.32 Å². The molecule has 3 aromatic rings. The number of amides is 3. The van der Waals surface area contributed by atoms with Crippen LogP contribution in [0.3, 0.4) is 0 Å². The van der Waals surface area contributed by atoms with Crippen LogP contribution in [0.2, 0.25) is 5.02 Å². The van der Waals surface area contributed by atoms with E-state index in [1.54, 1.807) is 54.6 Å². The van der Waals surface area contributed by atoms with E-state index in [1.165, 1.54) is 7.11 Å². The van der Waals surface area contributed by atoms with Gasteiger partial charge in [-0.2, -0.15) is 0 Å². The minimum Gasteiger partial charge on any atom is -0.493 e. The van der Waals surface area contributed by atoms with Crippen molar-refractivity contribution in [2.75, 3.05) is 25.8 Å². The maximum absolute atomic E-state index is 12.9. The summed E-state index contributed by atoms with van der Waals surface area (Å²) in [5.74, 6) is 1.01. The molecule has 11 heteroatoms. The molecule has 1 fully saturated rings. The molecule has 0 saturated carbocycles. The van der Waals surface area contributed by atoms with Gasteiger partial charge >= 0.3 is 0 Å². The second-order valence-corrected chi connectivity index (χ2v) is 9.64. The van der Waals surface area contributed by atoms with Gasteiger partial charge in [-0.1, -0.05) is 29.8 Å². The second kappa shape index (κ2) is 11.1. The van der Waals surface area contributed by atoms with Crippen LogP contribution in [0.4, 0.5) is 10.5 Å². The van der Waals surface area contributed by atoms with E-state index in [-0.39, 0.29) is 11.7 Å². The molecule has 0 spiro atoms. The summed E-state index contributed by atoms with van der Waals surface area (Å²) in [4.78, 5) is 39.0. The molecule has 194 valence electrons. The number of imide groups is 1. The predicted octanol–water partition coefficient (Wildman–Crippen LogP) is 5.33. The average Bonchev–Trinajstić information content (AvgIpc) is 3.48. The molecule has 0 aromatic heterocycles. The first-order valence-corrected chi connectivity index (χ1v) is 12.6. The first kappa shape index (κ1) is 25.5. The second-order valence-electron chi connectivity index (χ2n) is 8.21. The molecule has 1 N–H and O–H groups in total. The molecule has 1 saturated heterocycles. The topological polar surface area (TPSA) is 103 Å². The van der Waals surface area contributed by atoms with Gasteiger partial charge in [0.15, 0.2) is 23.0 Å². The Morgan fingerprint density at radius 1 is 1.05 bits per heavy atom. The first-order chi connectivity index (χ1) is 18.4.